The van der Waals surface area contributed by atoms with Crippen LogP contribution in [0.4, 0.5) is 0 Å². The second-order valence-electron chi connectivity index (χ2n) is 5.14. The fourth-order valence-corrected chi connectivity index (χ4v) is 2.54. The Morgan fingerprint density at radius 2 is 1.88 bits per heavy atom. The molecule has 1 N–H and O–H groups in total. The van der Waals surface area contributed by atoms with Gasteiger partial charge in [0.15, 0.2) is 18.4 Å². The van der Waals surface area contributed by atoms with Gasteiger partial charge in [-0.25, -0.2) is 0 Å². The van der Waals surface area contributed by atoms with Gasteiger partial charge >= 0.3 is 0 Å². The van der Waals surface area contributed by atoms with Crippen LogP contribution in [0.15, 0.2) is 0 Å². The summed E-state index contributed by atoms with van der Waals surface area (Å²) >= 11 is 0. The molecular weight excluding hydrogens is 228 g/mol. The second kappa shape index (κ2) is 3.88. The highest BCUT2D eigenvalue weighted by Crippen LogP contribution is 2.38. The predicted molar refractivity (Wildman–Crippen MR) is 55.0 cm³/mol. The van der Waals surface area contributed by atoms with E-state index >= 15 is 0 Å². The van der Waals surface area contributed by atoms with Gasteiger partial charge in [-0.3, -0.25) is 0 Å². The van der Waals surface area contributed by atoms with Crippen molar-refractivity contribution in [2.45, 2.75) is 63.6 Å². The van der Waals surface area contributed by atoms with Gasteiger partial charge in [0.1, 0.15) is 24.4 Å². The highest BCUT2D eigenvalue weighted by atomic mass is 16.8. The van der Waals surface area contributed by atoms with Crippen LogP contribution in [0.5, 0.6) is 0 Å². The van der Waals surface area contributed by atoms with Gasteiger partial charge < -0.3 is 28.8 Å². The summed E-state index contributed by atoms with van der Waals surface area (Å²) in [4.78, 5) is 0. The molecule has 3 rings (SSSR count). The topological polar surface area (TPSA) is 66.4 Å². The average molecular weight is 246 g/mol. The van der Waals surface area contributed by atoms with Crippen molar-refractivity contribution < 1.29 is 28.8 Å². The van der Waals surface area contributed by atoms with E-state index in [9.17, 15) is 5.11 Å². The number of hydrogen-bond acceptors (Lipinski definition) is 6. The first kappa shape index (κ1) is 11.8. The summed E-state index contributed by atoms with van der Waals surface area (Å²) < 4.78 is 27.8. The molecular formula is C11H18O6. The lowest BCUT2D eigenvalue weighted by Crippen LogP contribution is -2.61. The van der Waals surface area contributed by atoms with Crippen molar-refractivity contribution >= 4 is 0 Å². The van der Waals surface area contributed by atoms with E-state index in [-0.39, 0.29) is 12.4 Å². The summed E-state index contributed by atoms with van der Waals surface area (Å²) in [5, 5.41) is 10.3. The molecule has 0 saturated carbocycles. The molecule has 6 heteroatoms. The van der Waals surface area contributed by atoms with E-state index in [0.29, 0.717) is 6.61 Å². The van der Waals surface area contributed by atoms with E-state index < -0.39 is 30.4 Å². The van der Waals surface area contributed by atoms with Gasteiger partial charge in [-0.1, -0.05) is 0 Å². The van der Waals surface area contributed by atoms with Crippen molar-refractivity contribution in [3.63, 3.8) is 0 Å². The van der Waals surface area contributed by atoms with Crippen LogP contribution in [0.3, 0.4) is 0 Å². The minimum atomic E-state index is -0.758. The van der Waals surface area contributed by atoms with Crippen LogP contribution in [-0.4, -0.2) is 54.5 Å². The molecule has 0 aromatic heterocycles. The molecule has 98 valence electrons. The zero-order valence-electron chi connectivity index (χ0n) is 10.2. The van der Waals surface area contributed by atoms with Crippen LogP contribution in [0.1, 0.15) is 20.8 Å². The van der Waals surface area contributed by atoms with E-state index in [1.54, 1.807) is 20.8 Å². The van der Waals surface area contributed by atoms with Crippen LogP contribution in [-0.2, 0) is 23.7 Å². The summed E-state index contributed by atoms with van der Waals surface area (Å²) in [5.41, 5.74) is 0. The summed E-state index contributed by atoms with van der Waals surface area (Å²) in [6.07, 6.45) is -2.87. The largest absolute Gasteiger partial charge is 0.387 e. The molecule has 3 saturated heterocycles. The maximum atomic E-state index is 10.3. The van der Waals surface area contributed by atoms with Gasteiger partial charge in [0.25, 0.3) is 0 Å². The van der Waals surface area contributed by atoms with E-state index in [4.69, 9.17) is 23.7 Å². The number of aliphatic hydroxyl groups excluding tert-OH is 1. The molecule has 0 aromatic carbocycles. The third-order valence-electron chi connectivity index (χ3n) is 3.28. The average Bonchev–Trinajstić information content (AvgIpc) is 2.55. The Morgan fingerprint density at radius 3 is 2.65 bits per heavy atom. The Hall–Kier alpha value is -0.240. The van der Waals surface area contributed by atoms with Gasteiger partial charge in [-0.05, 0) is 20.8 Å². The van der Waals surface area contributed by atoms with Crippen LogP contribution < -0.4 is 0 Å². The number of fused-ring (bicyclic) bond motifs is 2. The van der Waals surface area contributed by atoms with Gasteiger partial charge in [0, 0.05) is 0 Å². The number of rotatable bonds is 0. The van der Waals surface area contributed by atoms with E-state index in [0.717, 1.165) is 0 Å². The minimum absolute atomic E-state index is 0.306. The summed E-state index contributed by atoms with van der Waals surface area (Å²) in [6.45, 7) is 5.79. The van der Waals surface area contributed by atoms with Gasteiger partial charge in [0.2, 0.25) is 0 Å². The molecule has 3 aliphatic rings. The van der Waals surface area contributed by atoms with E-state index in [2.05, 4.69) is 0 Å². The SMILES string of the molecule is C[C@H]1OCC2O[C@@H]3OC(C)(C)O[C@@H]3[C@@H](O)C2O1. The molecule has 0 aromatic rings. The zero-order valence-corrected chi connectivity index (χ0v) is 10.2. The molecule has 0 radical (unpaired) electrons. The molecule has 3 fully saturated rings. The predicted octanol–water partition coefficient (Wildman–Crippen LogP) is -0.0149. The van der Waals surface area contributed by atoms with Gasteiger partial charge in [-0.2, -0.15) is 0 Å². The Kier molecular flexibility index (Phi) is 2.70. The van der Waals surface area contributed by atoms with Crippen molar-refractivity contribution in [3.05, 3.63) is 0 Å². The first-order valence-electron chi connectivity index (χ1n) is 5.92. The summed E-state index contributed by atoms with van der Waals surface area (Å²) in [5.74, 6) is -0.740. The fraction of sp³-hybridized carbons (Fsp3) is 1.00. The molecule has 0 amide bonds. The van der Waals surface area contributed by atoms with Crippen LogP contribution in [0.2, 0.25) is 0 Å². The molecule has 0 spiro atoms. The maximum absolute atomic E-state index is 10.3. The highest BCUT2D eigenvalue weighted by Gasteiger charge is 2.55. The maximum Gasteiger partial charge on any atom is 0.190 e. The highest BCUT2D eigenvalue weighted by molar-refractivity contribution is 4.96. The van der Waals surface area contributed by atoms with E-state index in [1.165, 1.54) is 0 Å². The summed E-state index contributed by atoms with van der Waals surface area (Å²) in [7, 11) is 0. The third kappa shape index (κ3) is 1.99. The quantitative estimate of drug-likeness (QED) is 0.648. The molecule has 3 aliphatic heterocycles. The number of aliphatic hydroxyl groups is 1. The molecule has 6 nitrogen and oxygen atoms in total. The Bertz CT molecular complexity index is 304. The van der Waals surface area contributed by atoms with Crippen LogP contribution in [0.25, 0.3) is 0 Å². The van der Waals surface area contributed by atoms with Crippen molar-refractivity contribution in [3.8, 4) is 0 Å². The summed E-state index contributed by atoms with van der Waals surface area (Å²) in [6, 6.07) is 0. The van der Waals surface area contributed by atoms with Crippen molar-refractivity contribution in [2.24, 2.45) is 0 Å². The van der Waals surface area contributed by atoms with Crippen LogP contribution >= 0.6 is 0 Å². The van der Waals surface area contributed by atoms with Crippen molar-refractivity contribution in [1.29, 1.82) is 0 Å². The lowest BCUT2D eigenvalue weighted by atomic mass is 9.98. The molecule has 17 heavy (non-hydrogen) atoms. The Labute approximate surface area is 99.7 Å². The smallest absolute Gasteiger partial charge is 0.190 e. The number of hydrogen-bond donors (Lipinski definition) is 1. The normalized spacial score (nSPS) is 52.9. The van der Waals surface area contributed by atoms with Gasteiger partial charge in [0.05, 0.1) is 6.61 Å². The van der Waals surface area contributed by atoms with Gasteiger partial charge in [-0.15, -0.1) is 0 Å². The van der Waals surface area contributed by atoms with E-state index in [1.807, 2.05) is 0 Å². The Balaban J connectivity index is 1.78. The molecule has 0 aliphatic carbocycles. The Morgan fingerprint density at radius 1 is 1.12 bits per heavy atom. The van der Waals surface area contributed by atoms with Crippen molar-refractivity contribution in [1.82, 2.24) is 0 Å². The monoisotopic (exact) mass is 246 g/mol. The molecule has 3 heterocycles. The standard InChI is InChI=1S/C11H18O6/c1-5-13-4-6-8(14-5)7(12)9-10(15-6)17-11(2,3)16-9/h5-10,12H,4H2,1-3H3/t5-,6?,7-,8?,9+,10+/m0/s1. The lowest BCUT2D eigenvalue weighted by Gasteiger charge is -2.44. The zero-order chi connectivity index (χ0) is 12.2. The molecule has 0 bridgehead atoms. The van der Waals surface area contributed by atoms with Crippen LogP contribution in [0, 0.1) is 0 Å². The first-order valence-corrected chi connectivity index (χ1v) is 5.92. The fourth-order valence-electron chi connectivity index (χ4n) is 2.54. The van der Waals surface area contributed by atoms with Crippen molar-refractivity contribution in [2.75, 3.05) is 6.61 Å². The molecule has 6 atom stereocenters. The lowest BCUT2D eigenvalue weighted by molar-refractivity contribution is -0.331. The minimum Gasteiger partial charge on any atom is -0.387 e. The third-order valence-corrected chi connectivity index (χ3v) is 3.28. The number of ether oxygens (including phenoxy) is 5. The molecule has 2 unspecified atom stereocenters. The second-order valence-corrected chi connectivity index (χ2v) is 5.14. The first-order chi connectivity index (χ1) is 7.96.